The molecule has 1 atom stereocenters. The quantitative estimate of drug-likeness (QED) is 0.654. The first-order chi connectivity index (χ1) is 9.87. The Balaban J connectivity index is 2.05. The molecule has 1 heterocycles. The molecule has 0 aliphatic heterocycles. The highest BCUT2D eigenvalue weighted by Crippen LogP contribution is 2.48. The molecular weight excluding hydrogens is 264 g/mol. The highest BCUT2D eigenvalue weighted by Gasteiger charge is 2.41. The lowest BCUT2D eigenvalue weighted by atomic mass is 9.64. The Bertz CT molecular complexity index is 515. The summed E-state index contributed by atoms with van der Waals surface area (Å²) < 4.78 is 0. The summed E-state index contributed by atoms with van der Waals surface area (Å²) in [5.74, 6) is 5.97. The first-order valence-electron chi connectivity index (χ1n) is 7.40. The van der Waals surface area contributed by atoms with Gasteiger partial charge in [-0.15, -0.1) is 0 Å². The fourth-order valence-corrected chi connectivity index (χ4v) is 4.40. The smallest absolute Gasteiger partial charge is 0.0564 e. The molecule has 1 aliphatic rings. The minimum Gasteiger partial charge on any atom is -0.271 e. The van der Waals surface area contributed by atoms with Crippen LogP contribution in [-0.4, -0.2) is 0 Å². The van der Waals surface area contributed by atoms with Crippen LogP contribution in [0.2, 0.25) is 0 Å². The largest absolute Gasteiger partial charge is 0.271 e. The molecule has 1 aromatic carbocycles. The monoisotopic (exact) mass is 286 g/mol. The highest BCUT2D eigenvalue weighted by atomic mass is 32.1. The lowest BCUT2D eigenvalue weighted by Gasteiger charge is -2.44. The molecule has 3 rings (SSSR count). The highest BCUT2D eigenvalue weighted by molar-refractivity contribution is 7.07. The normalized spacial score (nSPS) is 19.6. The Morgan fingerprint density at radius 3 is 2.40 bits per heavy atom. The van der Waals surface area contributed by atoms with Gasteiger partial charge in [0.1, 0.15) is 0 Å². The van der Waals surface area contributed by atoms with E-state index in [0.29, 0.717) is 0 Å². The summed E-state index contributed by atoms with van der Waals surface area (Å²) in [5, 5.41) is 4.37. The predicted molar refractivity (Wildman–Crippen MR) is 85.6 cm³/mol. The lowest BCUT2D eigenvalue weighted by Crippen LogP contribution is -2.45. The molecule has 106 valence electrons. The summed E-state index contributed by atoms with van der Waals surface area (Å²) in [6.45, 7) is 0. The molecule has 0 amide bonds. The molecule has 3 heteroatoms. The van der Waals surface area contributed by atoms with Crippen molar-refractivity contribution in [3.8, 4) is 0 Å². The number of nitrogens with two attached hydrogens (primary N) is 1. The van der Waals surface area contributed by atoms with E-state index in [1.165, 1.54) is 43.2 Å². The zero-order valence-corrected chi connectivity index (χ0v) is 12.5. The summed E-state index contributed by atoms with van der Waals surface area (Å²) in [5.41, 5.74) is 6.00. The maximum atomic E-state index is 5.97. The van der Waals surface area contributed by atoms with Crippen LogP contribution in [0.3, 0.4) is 0 Å². The van der Waals surface area contributed by atoms with Gasteiger partial charge in [-0.1, -0.05) is 49.6 Å². The van der Waals surface area contributed by atoms with Crippen LogP contribution < -0.4 is 11.3 Å². The third kappa shape index (κ3) is 2.41. The summed E-state index contributed by atoms with van der Waals surface area (Å²) in [7, 11) is 0. The van der Waals surface area contributed by atoms with Crippen LogP contribution in [0.4, 0.5) is 0 Å². The number of benzene rings is 1. The molecule has 1 saturated carbocycles. The van der Waals surface area contributed by atoms with Crippen LogP contribution in [0.1, 0.15) is 49.3 Å². The summed E-state index contributed by atoms with van der Waals surface area (Å²) >= 11 is 1.75. The average Bonchev–Trinajstić information content (AvgIpc) is 3.04. The standard InChI is InChI=1S/C17H22N2S/c18-19-16(14-9-12-20-13-14)17(10-5-2-6-11-17)15-7-3-1-4-8-15/h1,3-4,7-9,12-13,16,19H,2,5-6,10-11,18H2. The van der Waals surface area contributed by atoms with Crippen molar-refractivity contribution in [2.45, 2.75) is 43.6 Å². The summed E-state index contributed by atoms with van der Waals surface area (Å²) in [6, 6.07) is 13.3. The topological polar surface area (TPSA) is 38.0 Å². The molecule has 2 nitrogen and oxygen atoms in total. The number of hydrogen-bond acceptors (Lipinski definition) is 3. The Morgan fingerprint density at radius 2 is 1.80 bits per heavy atom. The van der Waals surface area contributed by atoms with Gasteiger partial charge in [-0.2, -0.15) is 11.3 Å². The first-order valence-corrected chi connectivity index (χ1v) is 8.35. The Kier molecular flexibility index (Phi) is 4.20. The van der Waals surface area contributed by atoms with E-state index in [-0.39, 0.29) is 11.5 Å². The van der Waals surface area contributed by atoms with Gasteiger partial charge in [0.05, 0.1) is 6.04 Å². The first kappa shape index (κ1) is 13.8. The molecule has 1 aliphatic carbocycles. The number of hydrogen-bond donors (Lipinski definition) is 2. The molecule has 0 radical (unpaired) electrons. The molecule has 2 aromatic rings. The van der Waals surface area contributed by atoms with Crippen molar-refractivity contribution in [2.75, 3.05) is 0 Å². The zero-order chi connectivity index (χ0) is 13.8. The summed E-state index contributed by atoms with van der Waals surface area (Å²) in [4.78, 5) is 0. The third-order valence-electron chi connectivity index (χ3n) is 4.69. The SMILES string of the molecule is NNC(c1ccsc1)C1(c2ccccc2)CCCCC1. The maximum Gasteiger partial charge on any atom is 0.0564 e. The fourth-order valence-electron chi connectivity index (χ4n) is 3.71. The Hall–Kier alpha value is -1.16. The molecule has 3 N–H and O–H groups in total. The lowest BCUT2D eigenvalue weighted by molar-refractivity contribution is 0.215. The number of thiophene rings is 1. The second-order valence-electron chi connectivity index (χ2n) is 5.74. The van der Waals surface area contributed by atoms with Gasteiger partial charge in [-0.25, -0.2) is 0 Å². The Morgan fingerprint density at radius 1 is 1.05 bits per heavy atom. The molecule has 1 fully saturated rings. The number of nitrogens with one attached hydrogen (secondary N) is 1. The van der Waals surface area contributed by atoms with E-state index >= 15 is 0 Å². The van der Waals surface area contributed by atoms with Gasteiger partial charge >= 0.3 is 0 Å². The van der Waals surface area contributed by atoms with E-state index < -0.39 is 0 Å². The van der Waals surface area contributed by atoms with Crippen molar-refractivity contribution in [3.63, 3.8) is 0 Å². The minimum absolute atomic E-state index is 0.134. The fraction of sp³-hybridized carbons (Fsp3) is 0.412. The van der Waals surface area contributed by atoms with Crippen molar-refractivity contribution in [3.05, 3.63) is 58.3 Å². The molecule has 0 spiro atoms. The molecule has 0 saturated heterocycles. The van der Waals surface area contributed by atoms with Crippen molar-refractivity contribution in [2.24, 2.45) is 5.84 Å². The molecule has 0 bridgehead atoms. The average molecular weight is 286 g/mol. The predicted octanol–water partition coefficient (Wildman–Crippen LogP) is 4.15. The third-order valence-corrected chi connectivity index (χ3v) is 5.39. The van der Waals surface area contributed by atoms with Gasteiger partial charge in [0.25, 0.3) is 0 Å². The van der Waals surface area contributed by atoms with Crippen LogP contribution in [0.5, 0.6) is 0 Å². The van der Waals surface area contributed by atoms with E-state index in [1.807, 2.05) is 0 Å². The maximum absolute atomic E-state index is 5.97. The zero-order valence-electron chi connectivity index (χ0n) is 11.7. The van der Waals surface area contributed by atoms with Crippen LogP contribution in [0.15, 0.2) is 47.2 Å². The molecular formula is C17H22N2S. The molecule has 20 heavy (non-hydrogen) atoms. The van der Waals surface area contributed by atoms with Crippen molar-refractivity contribution in [1.29, 1.82) is 0 Å². The van der Waals surface area contributed by atoms with Crippen molar-refractivity contribution in [1.82, 2.24) is 5.43 Å². The van der Waals surface area contributed by atoms with Gasteiger partial charge < -0.3 is 0 Å². The van der Waals surface area contributed by atoms with Crippen LogP contribution in [0, 0.1) is 0 Å². The second-order valence-corrected chi connectivity index (χ2v) is 6.52. The van der Waals surface area contributed by atoms with Gasteiger partial charge in [0.15, 0.2) is 0 Å². The van der Waals surface area contributed by atoms with E-state index in [9.17, 15) is 0 Å². The van der Waals surface area contributed by atoms with E-state index in [1.54, 1.807) is 11.3 Å². The Labute approximate surface area is 125 Å². The van der Waals surface area contributed by atoms with Crippen molar-refractivity contribution >= 4 is 11.3 Å². The van der Waals surface area contributed by atoms with Crippen molar-refractivity contribution < 1.29 is 0 Å². The van der Waals surface area contributed by atoms with Crippen LogP contribution in [0.25, 0.3) is 0 Å². The second kappa shape index (κ2) is 6.08. The molecule has 1 unspecified atom stereocenters. The van der Waals surface area contributed by atoms with Crippen LogP contribution >= 0.6 is 11.3 Å². The minimum atomic E-state index is 0.134. The van der Waals surface area contributed by atoms with E-state index in [0.717, 1.165) is 0 Å². The van der Waals surface area contributed by atoms with E-state index in [4.69, 9.17) is 5.84 Å². The van der Waals surface area contributed by atoms with Gasteiger partial charge in [-0.05, 0) is 40.8 Å². The van der Waals surface area contributed by atoms with Gasteiger partial charge in [-0.3, -0.25) is 11.3 Å². The number of hydrazine groups is 1. The van der Waals surface area contributed by atoms with Crippen LogP contribution in [-0.2, 0) is 5.41 Å². The van der Waals surface area contributed by atoms with E-state index in [2.05, 4.69) is 52.6 Å². The van der Waals surface area contributed by atoms with Gasteiger partial charge in [0.2, 0.25) is 0 Å². The summed E-state index contributed by atoms with van der Waals surface area (Å²) in [6.07, 6.45) is 6.34. The molecule has 1 aromatic heterocycles. The number of rotatable bonds is 4. The van der Waals surface area contributed by atoms with Gasteiger partial charge in [0, 0.05) is 5.41 Å².